The van der Waals surface area contributed by atoms with Crippen LogP contribution in [-0.2, 0) is 25.7 Å². The lowest BCUT2D eigenvalue weighted by molar-refractivity contribution is 0.970. The van der Waals surface area contributed by atoms with Crippen molar-refractivity contribution in [3.63, 3.8) is 0 Å². The summed E-state index contributed by atoms with van der Waals surface area (Å²) >= 11 is 0. The van der Waals surface area contributed by atoms with Crippen molar-refractivity contribution in [2.75, 3.05) is 4.90 Å². The zero-order chi connectivity index (χ0) is 22.7. The summed E-state index contributed by atoms with van der Waals surface area (Å²) in [6.45, 7) is 0. The number of hydrogen-bond acceptors (Lipinski definition) is 2. The molecule has 0 atom stereocenters. The lowest BCUT2D eigenvalue weighted by Gasteiger charge is -2.39. The van der Waals surface area contributed by atoms with E-state index in [2.05, 4.69) is 83.8 Å². The number of anilines is 3. The average molecular weight is 447 g/mol. The highest BCUT2D eigenvalue weighted by molar-refractivity contribution is 5.93. The minimum Gasteiger partial charge on any atom is -0.308 e. The normalized spacial score (nSPS) is 14.9. The largest absolute Gasteiger partial charge is 0.308 e. The van der Waals surface area contributed by atoms with E-state index in [1.807, 2.05) is 6.20 Å². The molecule has 2 nitrogen and oxygen atoms in total. The molecule has 4 aliphatic rings. The lowest BCUT2D eigenvalue weighted by atomic mass is 9.86. The molecule has 2 aliphatic heterocycles. The summed E-state index contributed by atoms with van der Waals surface area (Å²) in [6.07, 6.45) is 5.92. The van der Waals surface area contributed by atoms with Gasteiger partial charge in [-0.15, -0.1) is 0 Å². The smallest absolute Gasteiger partial charge is 0.0688 e. The number of pyridine rings is 1. The lowest BCUT2D eigenvalue weighted by Crippen LogP contribution is -2.25. The predicted octanol–water partition coefficient (Wildman–Crippen LogP) is 7.50. The van der Waals surface area contributed by atoms with Crippen LogP contribution in [0.25, 0.3) is 22.3 Å². The van der Waals surface area contributed by atoms with Gasteiger partial charge in [-0.05, 0) is 98.3 Å². The Labute approximate surface area is 204 Å². The van der Waals surface area contributed by atoms with Crippen molar-refractivity contribution >= 4 is 17.1 Å². The van der Waals surface area contributed by atoms with Gasteiger partial charge < -0.3 is 4.90 Å². The average Bonchev–Trinajstić information content (AvgIpc) is 3.42. The van der Waals surface area contributed by atoms with Crippen molar-refractivity contribution in [3.8, 4) is 22.3 Å². The van der Waals surface area contributed by atoms with Gasteiger partial charge in [0.05, 0.1) is 22.8 Å². The van der Waals surface area contributed by atoms with E-state index in [0.29, 0.717) is 0 Å². The fraction of sp³-hybridized carbons (Fsp3) is 0.121. The molecule has 5 aromatic rings. The molecule has 2 heteroatoms. The standard InChI is InChI=1S/C33H22N2/c1-2-8-26-19(5-1)11-22-13-23-14-24-15-25-12-20-6-3-7-21-16-30-31(9-4-10-34-30)35(33(20)21)32(25)18-29(24)28(23)17-27(22)26/h1-10,13,15,17-18H,11-12,14,16H2. The highest BCUT2D eigenvalue weighted by Crippen LogP contribution is 2.53. The summed E-state index contributed by atoms with van der Waals surface area (Å²) in [5.74, 6) is 0. The molecule has 0 bridgehead atoms. The first-order valence-corrected chi connectivity index (χ1v) is 12.6. The molecule has 0 amide bonds. The number of hydrogen-bond donors (Lipinski definition) is 0. The van der Waals surface area contributed by atoms with Crippen LogP contribution in [0.3, 0.4) is 0 Å². The topological polar surface area (TPSA) is 16.1 Å². The van der Waals surface area contributed by atoms with E-state index in [1.54, 1.807) is 0 Å². The maximum Gasteiger partial charge on any atom is 0.0688 e. The van der Waals surface area contributed by atoms with Gasteiger partial charge in [0.2, 0.25) is 0 Å². The predicted molar refractivity (Wildman–Crippen MR) is 141 cm³/mol. The molecular weight excluding hydrogens is 424 g/mol. The first-order valence-electron chi connectivity index (χ1n) is 12.6. The number of nitrogens with zero attached hydrogens (tertiary/aromatic N) is 2. The van der Waals surface area contributed by atoms with Crippen LogP contribution < -0.4 is 4.90 Å². The van der Waals surface area contributed by atoms with E-state index in [-0.39, 0.29) is 0 Å². The van der Waals surface area contributed by atoms with E-state index in [0.717, 1.165) is 25.7 Å². The van der Waals surface area contributed by atoms with E-state index in [9.17, 15) is 0 Å². The van der Waals surface area contributed by atoms with Crippen molar-refractivity contribution in [1.82, 2.24) is 4.98 Å². The molecule has 9 rings (SSSR count). The first-order chi connectivity index (χ1) is 17.3. The molecule has 4 aromatic carbocycles. The van der Waals surface area contributed by atoms with Gasteiger partial charge in [-0.25, -0.2) is 0 Å². The molecule has 35 heavy (non-hydrogen) atoms. The zero-order valence-corrected chi connectivity index (χ0v) is 19.3. The van der Waals surface area contributed by atoms with E-state index < -0.39 is 0 Å². The van der Waals surface area contributed by atoms with E-state index in [4.69, 9.17) is 4.98 Å². The summed E-state index contributed by atoms with van der Waals surface area (Å²) in [5.41, 5.74) is 20.9. The van der Waals surface area contributed by atoms with E-state index in [1.165, 1.54) is 84.0 Å². The van der Waals surface area contributed by atoms with Crippen LogP contribution in [0.2, 0.25) is 0 Å². The Kier molecular flexibility index (Phi) is 3.27. The second-order valence-electron chi connectivity index (χ2n) is 10.4. The summed E-state index contributed by atoms with van der Waals surface area (Å²) in [7, 11) is 0. The molecule has 0 fully saturated rings. The maximum atomic E-state index is 4.77. The van der Waals surface area contributed by atoms with Crippen LogP contribution in [0.4, 0.5) is 17.1 Å². The highest BCUT2D eigenvalue weighted by atomic mass is 15.2. The third kappa shape index (κ3) is 2.32. The minimum atomic E-state index is 0.907. The van der Waals surface area contributed by atoms with Gasteiger partial charge in [0.1, 0.15) is 0 Å². The molecule has 164 valence electrons. The number of fused-ring (bicyclic) bond motifs is 10. The molecule has 0 N–H and O–H groups in total. The number of aromatic nitrogens is 1. The Bertz CT molecular complexity index is 1760. The fourth-order valence-electron chi connectivity index (χ4n) is 7.01. The Balaban J connectivity index is 1.27. The molecule has 0 spiro atoms. The molecule has 0 unspecified atom stereocenters. The van der Waals surface area contributed by atoms with Crippen molar-refractivity contribution in [2.45, 2.75) is 25.7 Å². The third-order valence-electron chi connectivity index (χ3n) is 8.51. The Hall–Kier alpha value is -4.17. The Morgan fingerprint density at radius 3 is 2.09 bits per heavy atom. The minimum absolute atomic E-state index is 0.907. The number of para-hydroxylation sites is 1. The van der Waals surface area contributed by atoms with Crippen molar-refractivity contribution in [3.05, 3.63) is 130 Å². The zero-order valence-electron chi connectivity index (χ0n) is 19.3. The molecule has 0 saturated heterocycles. The fourth-order valence-corrected chi connectivity index (χ4v) is 7.01. The van der Waals surface area contributed by atoms with E-state index >= 15 is 0 Å². The van der Waals surface area contributed by atoms with Gasteiger partial charge in [-0.2, -0.15) is 0 Å². The number of rotatable bonds is 0. The molecule has 2 aliphatic carbocycles. The van der Waals surface area contributed by atoms with Crippen LogP contribution in [0, 0.1) is 0 Å². The van der Waals surface area contributed by atoms with Crippen LogP contribution in [-0.4, -0.2) is 4.98 Å². The maximum absolute atomic E-state index is 4.77. The van der Waals surface area contributed by atoms with Crippen LogP contribution >= 0.6 is 0 Å². The summed E-state index contributed by atoms with van der Waals surface area (Å²) in [6, 6.07) is 29.9. The molecule has 1 aromatic heterocycles. The van der Waals surface area contributed by atoms with Crippen LogP contribution in [0.1, 0.15) is 44.6 Å². The van der Waals surface area contributed by atoms with Crippen molar-refractivity contribution in [1.29, 1.82) is 0 Å². The molecule has 3 heterocycles. The van der Waals surface area contributed by atoms with Gasteiger partial charge in [0.25, 0.3) is 0 Å². The number of benzene rings is 4. The van der Waals surface area contributed by atoms with Crippen molar-refractivity contribution in [2.24, 2.45) is 0 Å². The van der Waals surface area contributed by atoms with Gasteiger partial charge >= 0.3 is 0 Å². The SMILES string of the molecule is c1ccc2c(c1)Cc1cc3c(cc1-2)-c1cc2c(cc1C3)Cc1cccc3c1N2c1cccnc1C3. The first kappa shape index (κ1) is 18.2. The molecule has 0 saturated carbocycles. The van der Waals surface area contributed by atoms with Gasteiger partial charge in [0.15, 0.2) is 0 Å². The highest BCUT2D eigenvalue weighted by Gasteiger charge is 2.34. The monoisotopic (exact) mass is 446 g/mol. The van der Waals surface area contributed by atoms with Crippen LogP contribution in [0.15, 0.2) is 85.1 Å². The van der Waals surface area contributed by atoms with Gasteiger partial charge in [-0.3, -0.25) is 4.98 Å². The quantitative estimate of drug-likeness (QED) is 0.240. The molecular formula is C33H22N2. The second-order valence-corrected chi connectivity index (χ2v) is 10.4. The van der Waals surface area contributed by atoms with Crippen molar-refractivity contribution < 1.29 is 0 Å². The molecule has 0 radical (unpaired) electrons. The second kappa shape index (κ2) is 6.28. The summed E-state index contributed by atoms with van der Waals surface area (Å²) < 4.78 is 0. The summed E-state index contributed by atoms with van der Waals surface area (Å²) in [5, 5.41) is 0. The van der Waals surface area contributed by atoms with Gasteiger partial charge in [0, 0.05) is 19.0 Å². The Morgan fingerprint density at radius 2 is 1.17 bits per heavy atom. The summed E-state index contributed by atoms with van der Waals surface area (Å²) in [4.78, 5) is 7.27. The van der Waals surface area contributed by atoms with Gasteiger partial charge in [-0.1, -0.05) is 54.6 Å². The Morgan fingerprint density at radius 1 is 0.486 bits per heavy atom. The van der Waals surface area contributed by atoms with Crippen LogP contribution in [0.5, 0.6) is 0 Å². The third-order valence-corrected chi connectivity index (χ3v) is 8.51.